The number of imide groups is 1. The molecular weight excluding hydrogens is 438 g/mol. The zero-order valence-corrected chi connectivity index (χ0v) is 21.5. The topological polar surface area (TPSA) is 61.9 Å². The van der Waals surface area contributed by atoms with E-state index >= 15 is 0 Å². The zero-order chi connectivity index (χ0) is 24.1. The molecule has 1 atom stereocenters. The number of nitrogens with one attached hydrogen (secondary N) is 1. The Labute approximate surface area is 204 Å². The number of benzene rings is 1. The third-order valence-corrected chi connectivity index (χ3v) is 7.18. The Bertz CT molecular complexity index is 834. The molecule has 0 radical (unpaired) electrons. The van der Waals surface area contributed by atoms with E-state index in [1.165, 1.54) is 4.90 Å². The first-order chi connectivity index (χ1) is 15.8. The van der Waals surface area contributed by atoms with Crippen molar-refractivity contribution in [1.82, 2.24) is 15.1 Å². The molecule has 1 unspecified atom stereocenters. The van der Waals surface area contributed by atoms with Crippen LogP contribution in [0.25, 0.3) is 0 Å². The van der Waals surface area contributed by atoms with Crippen LogP contribution in [0.15, 0.2) is 18.2 Å². The van der Waals surface area contributed by atoms with Crippen molar-refractivity contribution in [3.8, 4) is 5.75 Å². The van der Waals surface area contributed by atoms with Crippen LogP contribution in [0.1, 0.15) is 83.6 Å². The van der Waals surface area contributed by atoms with Gasteiger partial charge in [-0.05, 0) is 70.9 Å². The molecule has 184 valence electrons. The molecule has 1 fully saturated rings. The predicted octanol–water partition coefficient (Wildman–Crippen LogP) is 5.72. The molecule has 0 saturated carbocycles. The van der Waals surface area contributed by atoms with Gasteiger partial charge in [-0.15, -0.1) is 0 Å². The molecule has 2 heterocycles. The molecule has 2 aliphatic rings. The summed E-state index contributed by atoms with van der Waals surface area (Å²) in [6.45, 7) is 5.60. The number of hydrogen-bond acceptors (Lipinski definition) is 4. The van der Waals surface area contributed by atoms with E-state index in [9.17, 15) is 9.59 Å². The summed E-state index contributed by atoms with van der Waals surface area (Å²) in [7, 11) is 3.98. The highest BCUT2D eigenvalue weighted by molar-refractivity contribution is 6.30. The molecule has 1 spiro atoms. The lowest BCUT2D eigenvalue weighted by molar-refractivity contribution is -0.136. The largest absolute Gasteiger partial charge is 0.487 e. The van der Waals surface area contributed by atoms with Crippen LogP contribution in [0.4, 0.5) is 4.79 Å². The second-order valence-electron chi connectivity index (χ2n) is 9.97. The molecule has 6 nitrogen and oxygen atoms in total. The minimum absolute atomic E-state index is 0.173. The van der Waals surface area contributed by atoms with Crippen LogP contribution in [-0.2, 0) is 10.3 Å². The number of hydrogen-bond donors (Lipinski definition) is 1. The monoisotopic (exact) mass is 477 g/mol. The van der Waals surface area contributed by atoms with Crippen LogP contribution < -0.4 is 10.1 Å². The van der Waals surface area contributed by atoms with Crippen LogP contribution in [0.5, 0.6) is 5.75 Å². The highest BCUT2D eigenvalue weighted by Crippen LogP contribution is 2.50. The fourth-order valence-electron chi connectivity index (χ4n) is 5.25. The van der Waals surface area contributed by atoms with Crippen molar-refractivity contribution in [2.24, 2.45) is 0 Å². The van der Waals surface area contributed by atoms with Gasteiger partial charge < -0.3 is 15.0 Å². The quantitative estimate of drug-likeness (QED) is 0.309. The first-order valence-electron chi connectivity index (χ1n) is 12.5. The third-order valence-electron chi connectivity index (χ3n) is 6.95. The molecular formula is C26H40ClN3O3. The number of fused-ring (bicyclic) bond motifs is 2. The second-order valence-corrected chi connectivity index (χ2v) is 10.4. The van der Waals surface area contributed by atoms with Crippen molar-refractivity contribution in [3.63, 3.8) is 0 Å². The van der Waals surface area contributed by atoms with E-state index in [-0.39, 0.29) is 11.9 Å². The van der Waals surface area contributed by atoms with Crippen molar-refractivity contribution in [2.45, 2.75) is 89.2 Å². The zero-order valence-electron chi connectivity index (χ0n) is 20.7. The molecule has 0 aromatic heterocycles. The van der Waals surface area contributed by atoms with Gasteiger partial charge in [-0.25, -0.2) is 4.79 Å². The summed E-state index contributed by atoms with van der Waals surface area (Å²) in [6.07, 6.45) is 9.50. The van der Waals surface area contributed by atoms with Gasteiger partial charge in [0.25, 0.3) is 5.91 Å². The standard InChI is InChI=1S/C26H40ClN3O3/c1-5-7-9-14-25(15-10-8-6-2)19-26(21-18-20(27)12-13-22(21)33-25)23(31)30(24(32)28-26)17-11-16-29(3)4/h12-13,18H,5-11,14-17,19H2,1-4H3,(H,28,32). The molecule has 0 bridgehead atoms. The number of urea groups is 1. The Hall–Kier alpha value is -1.79. The maximum absolute atomic E-state index is 13.9. The number of rotatable bonds is 12. The highest BCUT2D eigenvalue weighted by Gasteiger charge is 2.60. The number of amides is 3. The van der Waals surface area contributed by atoms with Crippen LogP contribution in [0.2, 0.25) is 5.02 Å². The van der Waals surface area contributed by atoms with Gasteiger partial charge in [-0.2, -0.15) is 0 Å². The summed E-state index contributed by atoms with van der Waals surface area (Å²) in [6, 6.07) is 5.14. The van der Waals surface area contributed by atoms with E-state index < -0.39 is 11.1 Å². The van der Waals surface area contributed by atoms with E-state index in [0.29, 0.717) is 29.3 Å². The summed E-state index contributed by atoms with van der Waals surface area (Å²) < 4.78 is 6.70. The van der Waals surface area contributed by atoms with Gasteiger partial charge in [0, 0.05) is 23.6 Å². The van der Waals surface area contributed by atoms with Crippen LogP contribution in [0.3, 0.4) is 0 Å². The van der Waals surface area contributed by atoms with Gasteiger partial charge >= 0.3 is 6.03 Å². The summed E-state index contributed by atoms with van der Waals surface area (Å²) in [5.74, 6) is 0.496. The van der Waals surface area contributed by atoms with Crippen LogP contribution in [0, 0.1) is 0 Å². The van der Waals surface area contributed by atoms with E-state index in [2.05, 4.69) is 24.1 Å². The molecule has 7 heteroatoms. The number of halogens is 1. The lowest BCUT2D eigenvalue weighted by Gasteiger charge is -2.46. The maximum Gasteiger partial charge on any atom is 0.325 e. The Morgan fingerprint density at radius 2 is 1.73 bits per heavy atom. The number of ether oxygens (including phenoxy) is 1. The van der Waals surface area contributed by atoms with Crippen molar-refractivity contribution in [1.29, 1.82) is 0 Å². The molecule has 1 aromatic rings. The van der Waals surface area contributed by atoms with Gasteiger partial charge in [0.15, 0.2) is 5.54 Å². The van der Waals surface area contributed by atoms with E-state index in [0.717, 1.165) is 64.3 Å². The van der Waals surface area contributed by atoms with Crippen molar-refractivity contribution in [3.05, 3.63) is 28.8 Å². The first kappa shape index (κ1) is 25.8. The second kappa shape index (κ2) is 11.1. The summed E-state index contributed by atoms with van der Waals surface area (Å²) in [5, 5.41) is 3.65. The SMILES string of the molecule is CCCCCC1(CCCCC)CC2(NC(=O)N(CCCN(C)C)C2=O)c2cc(Cl)ccc2O1. The highest BCUT2D eigenvalue weighted by atomic mass is 35.5. The Morgan fingerprint density at radius 3 is 2.33 bits per heavy atom. The smallest absolute Gasteiger partial charge is 0.325 e. The van der Waals surface area contributed by atoms with Gasteiger partial charge in [0.1, 0.15) is 11.4 Å². The average molecular weight is 478 g/mol. The molecule has 2 aliphatic heterocycles. The Balaban J connectivity index is 1.98. The normalized spacial score (nSPS) is 21.5. The number of carbonyl (C=O) groups is 2. The van der Waals surface area contributed by atoms with Crippen molar-refractivity contribution < 1.29 is 14.3 Å². The molecule has 1 N–H and O–H groups in total. The fourth-order valence-corrected chi connectivity index (χ4v) is 5.42. The van der Waals surface area contributed by atoms with Crippen LogP contribution >= 0.6 is 11.6 Å². The number of carbonyl (C=O) groups excluding carboxylic acids is 2. The molecule has 3 amide bonds. The fraction of sp³-hybridized carbons (Fsp3) is 0.692. The van der Waals surface area contributed by atoms with E-state index in [1.807, 2.05) is 20.2 Å². The average Bonchev–Trinajstić information content (AvgIpc) is 2.99. The summed E-state index contributed by atoms with van der Waals surface area (Å²) in [4.78, 5) is 30.4. The van der Waals surface area contributed by atoms with Crippen LogP contribution in [-0.4, -0.2) is 54.5 Å². The minimum Gasteiger partial charge on any atom is -0.487 e. The third kappa shape index (κ3) is 5.65. The Kier molecular flexibility index (Phi) is 8.68. The first-order valence-corrected chi connectivity index (χ1v) is 12.9. The predicted molar refractivity (Wildman–Crippen MR) is 133 cm³/mol. The molecule has 0 aliphatic carbocycles. The van der Waals surface area contributed by atoms with Crippen molar-refractivity contribution >= 4 is 23.5 Å². The number of nitrogens with zero attached hydrogens (tertiary/aromatic N) is 2. The van der Waals surface area contributed by atoms with E-state index in [1.54, 1.807) is 12.1 Å². The molecule has 3 rings (SSSR count). The molecule has 1 aromatic carbocycles. The lowest BCUT2D eigenvalue weighted by atomic mass is 9.72. The van der Waals surface area contributed by atoms with E-state index in [4.69, 9.17) is 16.3 Å². The van der Waals surface area contributed by atoms with Gasteiger partial charge in [-0.3, -0.25) is 9.69 Å². The molecule has 33 heavy (non-hydrogen) atoms. The molecule has 1 saturated heterocycles. The minimum atomic E-state index is -1.12. The van der Waals surface area contributed by atoms with Gasteiger partial charge in [0.05, 0.1) is 0 Å². The Morgan fingerprint density at radius 1 is 1.06 bits per heavy atom. The lowest BCUT2D eigenvalue weighted by Crippen LogP contribution is -2.56. The number of unbranched alkanes of at least 4 members (excludes halogenated alkanes) is 4. The van der Waals surface area contributed by atoms with Gasteiger partial charge in [0.2, 0.25) is 0 Å². The summed E-state index contributed by atoms with van der Waals surface area (Å²) in [5.41, 5.74) is -0.912. The summed E-state index contributed by atoms with van der Waals surface area (Å²) >= 11 is 6.35. The maximum atomic E-state index is 13.9. The van der Waals surface area contributed by atoms with Gasteiger partial charge in [-0.1, -0.05) is 51.1 Å². The van der Waals surface area contributed by atoms with Crippen molar-refractivity contribution in [2.75, 3.05) is 27.2 Å².